The molecule has 2 heterocycles. The van der Waals surface area contributed by atoms with Crippen LogP contribution in [-0.4, -0.2) is 62.2 Å². The lowest BCUT2D eigenvalue weighted by atomic mass is 9.93. The zero-order chi connectivity index (χ0) is 20.1. The number of benzene rings is 1. The lowest BCUT2D eigenvalue weighted by molar-refractivity contribution is 0.0501. The molecule has 0 radical (unpaired) electrons. The van der Waals surface area contributed by atoms with Gasteiger partial charge in [0.2, 0.25) is 0 Å². The molecule has 158 valence electrons. The van der Waals surface area contributed by atoms with Crippen molar-refractivity contribution in [2.45, 2.75) is 70.5 Å². The van der Waals surface area contributed by atoms with Gasteiger partial charge in [0.25, 0.3) is 0 Å². The van der Waals surface area contributed by atoms with E-state index in [0.717, 1.165) is 56.5 Å². The molecule has 0 unspecified atom stereocenters. The van der Waals surface area contributed by atoms with E-state index in [-0.39, 0.29) is 11.9 Å². The monoisotopic (exact) mass is 400 g/mol. The van der Waals surface area contributed by atoms with Crippen LogP contribution in [0.3, 0.4) is 0 Å². The zero-order valence-corrected chi connectivity index (χ0v) is 17.5. The van der Waals surface area contributed by atoms with Crippen molar-refractivity contribution in [2.24, 2.45) is 0 Å². The highest BCUT2D eigenvalue weighted by Gasteiger charge is 2.31. The van der Waals surface area contributed by atoms with Gasteiger partial charge in [0.15, 0.2) is 5.82 Å². The first-order valence-corrected chi connectivity index (χ1v) is 11.2. The topological polar surface area (TPSA) is 50.1 Å². The molecule has 2 aliphatic rings. The average molecular weight is 401 g/mol. The maximum absolute atomic E-state index is 13.2. The minimum Gasteiger partial charge on any atom is -0.298 e. The molecule has 1 aliphatic carbocycles. The molecule has 1 saturated carbocycles. The number of hydrogen-bond acceptors (Lipinski definition) is 5. The fraction of sp³-hybridized carbons (Fsp3) is 0.682. The van der Waals surface area contributed by atoms with Gasteiger partial charge >= 0.3 is 0 Å². The molecule has 2 aromatic rings. The Balaban J connectivity index is 1.43. The average Bonchev–Trinajstić information content (AvgIpc) is 3.22. The van der Waals surface area contributed by atoms with E-state index in [2.05, 4.69) is 32.2 Å². The molecule has 0 N–H and O–H groups in total. The molecular formula is C22H33FN6. The highest BCUT2D eigenvalue weighted by molar-refractivity contribution is 5.16. The van der Waals surface area contributed by atoms with Crippen molar-refractivity contribution in [3.63, 3.8) is 0 Å². The Morgan fingerprint density at radius 3 is 2.45 bits per heavy atom. The van der Waals surface area contributed by atoms with E-state index in [1.807, 2.05) is 4.68 Å². The van der Waals surface area contributed by atoms with Gasteiger partial charge in [-0.15, -0.1) is 5.10 Å². The second-order valence-corrected chi connectivity index (χ2v) is 8.49. The van der Waals surface area contributed by atoms with Gasteiger partial charge in [-0.1, -0.05) is 44.7 Å². The SMILES string of the molecule is CCC[C@H](c1nnnn1Cc1ccc(F)cc1)N1CCN(C2CCCCC2)CC1. The van der Waals surface area contributed by atoms with Crippen LogP contribution in [0, 0.1) is 5.82 Å². The lowest BCUT2D eigenvalue weighted by Crippen LogP contribution is -2.51. The molecule has 1 atom stereocenters. The molecule has 1 aliphatic heterocycles. The Labute approximate surface area is 173 Å². The molecule has 0 spiro atoms. The molecule has 2 fully saturated rings. The lowest BCUT2D eigenvalue weighted by Gasteiger charge is -2.43. The van der Waals surface area contributed by atoms with E-state index in [9.17, 15) is 4.39 Å². The van der Waals surface area contributed by atoms with Crippen LogP contribution >= 0.6 is 0 Å². The summed E-state index contributed by atoms with van der Waals surface area (Å²) in [5.41, 5.74) is 1.01. The number of aromatic nitrogens is 4. The second kappa shape index (κ2) is 9.76. The van der Waals surface area contributed by atoms with E-state index in [4.69, 9.17) is 0 Å². The van der Waals surface area contributed by atoms with Crippen molar-refractivity contribution in [2.75, 3.05) is 26.2 Å². The number of hydrogen-bond donors (Lipinski definition) is 0. The predicted octanol–water partition coefficient (Wildman–Crippen LogP) is 3.65. The number of piperazine rings is 1. The minimum atomic E-state index is -0.217. The normalized spacial score (nSPS) is 20.8. The Hall–Kier alpha value is -1.86. The number of halogens is 1. The van der Waals surface area contributed by atoms with Crippen LogP contribution in [0.15, 0.2) is 24.3 Å². The molecule has 6 nitrogen and oxygen atoms in total. The summed E-state index contributed by atoms with van der Waals surface area (Å²) in [7, 11) is 0. The molecule has 1 aromatic carbocycles. The van der Waals surface area contributed by atoms with Crippen LogP contribution < -0.4 is 0 Å². The van der Waals surface area contributed by atoms with E-state index in [0.29, 0.717) is 6.54 Å². The van der Waals surface area contributed by atoms with Crippen molar-refractivity contribution in [3.8, 4) is 0 Å². The van der Waals surface area contributed by atoms with Crippen LogP contribution in [0.1, 0.15) is 69.3 Å². The molecule has 4 rings (SSSR count). The summed E-state index contributed by atoms with van der Waals surface area (Å²) in [4.78, 5) is 5.27. The van der Waals surface area contributed by atoms with Gasteiger partial charge in [-0.2, -0.15) is 0 Å². The highest BCUT2D eigenvalue weighted by atomic mass is 19.1. The number of tetrazole rings is 1. The summed E-state index contributed by atoms with van der Waals surface area (Å²) < 4.78 is 15.1. The van der Waals surface area contributed by atoms with Crippen LogP contribution in [0.4, 0.5) is 4.39 Å². The Morgan fingerprint density at radius 2 is 1.76 bits per heavy atom. The first-order valence-electron chi connectivity index (χ1n) is 11.2. The number of rotatable bonds is 7. The molecule has 1 saturated heterocycles. The van der Waals surface area contributed by atoms with E-state index >= 15 is 0 Å². The summed E-state index contributed by atoms with van der Waals surface area (Å²) in [5.74, 6) is 0.715. The molecule has 29 heavy (non-hydrogen) atoms. The van der Waals surface area contributed by atoms with Crippen molar-refractivity contribution in [3.05, 3.63) is 41.5 Å². The first kappa shape index (κ1) is 20.4. The van der Waals surface area contributed by atoms with Crippen molar-refractivity contribution < 1.29 is 4.39 Å². The zero-order valence-electron chi connectivity index (χ0n) is 17.5. The van der Waals surface area contributed by atoms with E-state index in [1.165, 1.54) is 44.2 Å². The summed E-state index contributed by atoms with van der Waals surface area (Å²) in [6.07, 6.45) is 9.07. The first-order chi connectivity index (χ1) is 14.2. The summed E-state index contributed by atoms with van der Waals surface area (Å²) in [5, 5.41) is 12.6. The third-order valence-electron chi connectivity index (χ3n) is 6.55. The molecule has 0 amide bonds. The summed E-state index contributed by atoms with van der Waals surface area (Å²) >= 11 is 0. The minimum absolute atomic E-state index is 0.217. The maximum atomic E-state index is 13.2. The van der Waals surface area contributed by atoms with Gasteiger partial charge in [-0.25, -0.2) is 9.07 Å². The van der Waals surface area contributed by atoms with Crippen LogP contribution in [-0.2, 0) is 6.54 Å². The van der Waals surface area contributed by atoms with Gasteiger partial charge in [-0.3, -0.25) is 9.80 Å². The van der Waals surface area contributed by atoms with Crippen LogP contribution in [0.25, 0.3) is 0 Å². The van der Waals surface area contributed by atoms with Gasteiger partial charge in [0.1, 0.15) is 5.82 Å². The fourth-order valence-corrected chi connectivity index (χ4v) is 4.93. The summed E-state index contributed by atoms with van der Waals surface area (Å²) in [6.45, 7) is 7.23. The van der Waals surface area contributed by atoms with Gasteiger partial charge in [-0.05, 0) is 47.4 Å². The van der Waals surface area contributed by atoms with Gasteiger partial charge in [0.05, 0.1) is 12.6 Å². The third kappa shape index (κ3) is 5.01. The Bertz CT molecular complexity index is 747. The van der Waals surface area contributed by atoms with Crippen molar-refractivity contribution >= 4 is 0 Å². The standard InChI is InChI=1S/C22H33FN6/c1-2-6-21(28-15-13-27(14-16-28)20-7-4-3-5-8-20)22-24-25-26-29(22)17-18-9-11-19(23)12-10-18/h9-12,20-21H,2-8,13-17H2,1H3/t21-/m1/s1. The second-order valence-electron chi connectivity index (χ2n) is 8.49. The van der Waals surface area contributed by atoms with E-state index in [1.54, 1.807) is 12.1 Å². The van der Waals surface area contributed by atoms with Crippen LogP contribution in [0.5, 0.6) is 0 Å². The molecular weight excluding hydrogens is 367 g/mol. The fourth-order valence-electron chi connectivity index (χ4n) is 4.93. The maximum Gasteiger partial charge on any atom is 0.168 e. The quantitative estimate of drug-likeness (QED) is 0.710. The largest absolute Gasteiger partial charge is 0.298 e. The van der Waals surface area contributed by atoms with Gasteiger partial charge in [0, 0.05) is 32.2 Å². The van der Waals surface area contributed by atoms with E-state index < -0.39 is 0 Å². The molecule has 1 aromatic heterocycles. The smallest absolute Gasteiger partial charge is 0.168 e. The predicted molar refractivity (Wildman–Crippen MR) is 111 cm³/mol. The molecule has 0 bridgehead atoms. The molecule has 7 heteroatoms. The third-order valence-corrected chi connectivity index (χ3v) is 6.55. The highest BCUT2D eigenvalue weighted by Crippen LogP contribution is 2.28. The Morgan fingerprint density at radius 1 is 1.03 bits per heavy atom. The van der Waals surface area contributed by atoms with Crippen molar-refractivity contribution in [1.29, 1.82) is 0 Å². The summed E-state index contributed by atoms with van der Waals surface area (Å²) in [6, 6.07) is 7.63. The number of nitrogens with zero attached hydrogens (tertiary/aromatic N) is 6. The Kier molecular flexibility index (Phi) is 6.87. The van der Waals surface area contributed by atoms with Crippen molar-refractivity contribution in [1.82, 2.24) is 30.0 Å². The van der Waals surface area contributed by atoms with Crippen LogP contribution in [0.2, 0.25) is 0 Å². The van der Waals surface area contributed by atoms with Gasteiger partial charge < -0.3 is 0 Å².